The van der Waals surface area contributed by atoms with E-state index in [4.69, 9.17) is 9.47 Å². The second-order valence-corrected chi connectivity index (χ2v) is 6.24. The minimum absolute atomic E-state index is 0.153. The number of rotatable bonds is 3. The van der Waals surface area contributed by atoms with Crippen LogP contribution in [0.15, 0.2) is 35.6 Å². The number of hydrogen-bond donors (Lipinski definition) is 1. The second-order valence-electron chi connectivity index (χ2n) is 6.24. The van der Waals surface area contributed by atoms with Gasteiger partial charge in [-0.15, -0.1) is 0 Å². The number of benzene rings is 1. The highest BCUT2D eigenvalue weighted by atomic mass is 16.5. The van der Waals surface area contributed by atoms with Crippen molar-refractivity contribution in [3.05, 3.63) is 46.7 Å². The van der Waals surface area contributed by atoms with Crippen LogP contribution in [-0.2, 0) is 11.2 Å². The number of phenolic OH excluding ortho intramolecular Hbond substituents is 1. The van der Waals surface area contributed by atoms with Crippen molar-refractivity contribution in [3.63, 3.8) is 0 Å². The van der Waals surface area contributed by atoms with E-state index < -0.39 is 0 Å². The van der Waals surface area contributed by atoms with E-state index >= 15 is 0 Å². The fourth-order valence-corrected chi connectivity index (χ4v) is 4.02. The van der Waals surface area contributed by atoms with Gasteiger partial charge in [0.1, 0.15) is 5.76 Å². The van der Waals surface area contributed by atoms with E-state index in [9.17, 15) is 5.11 Å². The maximum absolute atomic E-state index is 10.2. The Morgan fingerprint density at radius 1 is 1.36 bits per heavy atom. The number of allylic oxidation sites excluding steroid dienone is 2. The summed E-state index contributed by atoms with van der Waals surface area (Å²) < 4.78 is 11.6. The van der Waals surface area contributed by atoms with Gasteiger partial charge in [0.05, 0.1) is 13.0 Å². The lowest BCUT2D eigenvalue weighted by Crippen LogP contribution is -2.42. The van der Waals surface area contributed by atoms with Crippen LogP contribution in [0, 0.1) is 0 Å². The van der Waals surface area contributed by atoms with Crippen LogP contribution in [0.4, 0.5) is 0 Å². The van der Waals surface area contributed by atoms with E-state index in [0.29, 0.717) is 11.8 Å². The predicted molar refractivity (Wildman–Crippen MR) is 84.2 cm³/mol. The second kappa shape index (κ2) is 4.78. The van der Waals surface area contributed by atoms with Crippen molar-refractivity contribution in [2.24, 2.45) is 0 Å². The third-order valence-electron chi connectivity index (χ3n) is 5.27. The highest BCUT2D eigenvalue weighted by molar-refractivity contribution is 5.62. The van der Waals surface area contributed by atoms with Crippen LogP contribution in [0.25, 0.3) is 0 Å². The average Bonchev–Trinajstić information content (AvgIpc) is 2.95. The average molecular weight is 299 g/mol. The van der Waals surface area contributed by atoms with Crippen molar-refractivity contribution in [2.45, 2.75) is 31.4 Å². The van der Waals surface area contributed by atoms with E-state index in [0.717, 1.165) is 24.3 Å². The van der Waals surface area contributed by atoms with E-state index in [1.807, 2.05) is 12.1 Å². The van der Waals surface area contributed by atoms with Gasteiger partial charge in [-0.1, -0.05) is 19.1 Å². The Morgan fingerprint density at radius 2 is 2.18 bits per heavy atom. The van der Waals surface area contributed by atoms with Crippen LogP contribution in [0.2, 0.25) is 0 Å². The van der Waals surface area contributed by atoms with Gasteiger partial charge in [-0.3, -0.25) is 4.90 Å². The molecule has 0 fully saturated rings. The Labute approximate surface area is 130 Å². The molecule has 4 rings (SSSR count). The fraction of sp³-hybridized carbons (Fsp3) is 0.444. The lowest BCUT2D eigenvalue weighted by atomic mass is 9.72. The number of aromatic hydroxyl groups is 1. The molecule has 1 aliphatic heterocycles. The molecule has 22 heavy (non-hydrogen) atoms. The zero-order valence-electron chi connectivity index (χ0n) is 13.2. The molecule has 0 saturated carbocycles. The quantitative estimate of drug-likeness (QED) is 0.931. The van der Waals surface area contributed by atoms with Crippen LogP contribution in [-0.4, -0.2) is 42.9 Å². The van der Waals surface area contributed by atoms with Gasteiger partial charge in [-0.2, -0.15) is 0 Å². The molecule has 1 aromatic carbocycles. The van der Waals surface area contributed by atoms with Crippen molar-refractivity contribution in [1.29, 1.82) is 0 Å². The first-order valence-corrected chi connectivity index (χ1v) is 7.83. The van der Waals surface area contributed by atoms with Gasteiger partial charge in [-0.05, 0) is 43.3 Å². The van der Waals surface area contributed by atoms with Crippen molar-refractivity contribution >= 4 is 0 Å². The maximum Gasteiger partial charge on any atom is 0.166 e. The Bertz CT molecular complexity index is 692. The normalized spacial score (nSPS) is 27.9. The molecule has 2 unspecified atom stereocenters. The van der Waals surface area contributed by atoms with Crippen molar-refractivity contribution in [2.75, 3.05) is 20.7 Å². The summed E-state index contributed by atoms with van der Waals surface area (Å²) >= 11 is 0. The van der Waals surface area contributed by atoms with Crippen molar-refractivity contribution in [1.82, 2.24) is 4.90 Å². The molecular formula is C18H21NO3. The molecule has 1 N–H and O–H groups in total. The summed E-state index contributed by atoms with van der Waals surface area (Å²) in [5.41, 5.74) is 3.80. The molecule has 0 aromatic heterocycles. The van der Waals surface area contributed by atoms with E-state index in [1.54, 1.807) is 13.2 Å². The Hall–Kier alpha value is -1.94. The highest BCUT2D eigenvalue weighted by Gasteiger charge is 2.49. The smallest absolute Gasteiger partial charge is 0.166 e. The lowest BCUT2D eigenvalue weighted by molar-refractivity contribution is 0.142. The summed E-state index contributed by atoms with van der Waals surface area (Å²) in [6.45, 7) is 3.18. The molecule has 1 heterocycles. The van der Waals surface area contributed by atoms with E-state index in [1.165, 1.54) is 11.1 Å². The summed E-state index contributed by atoms with van der Waals surface area (Å²) in [5, 5.41) is 10.2. The Kier molecular flexibility index (Phi) is 2.98. The lowest BCUT2D eigenvalue weighted by Gasteiger charge is -2.39. The molecule has 0 bridgehead atoms. The number of likely N-dealkylation sites (N-methyl/N-ethyl adjacent to an activating group) is 1. The molecule has 0 radical (unpaired) electrons. The zero-order valence-corrected chi connectivity index (χ0v) is 13.2. The minimum atomic E-state index is -0.153. The van der Waals surface area contributed by atoms with E-state index in [-0.39, 0.29) is 17.8 Å². The summed E-state index contributed by atoms with van der Waals surface area (Å²) in [6.07, 6.45) is 5.00. The molecule has 116 valence electrons. The van der Waals surface area contributed by atoms with Gasteiger partial charge < -0.3 is 14.6 Å². The van der Waals surface area contributed by atoms with Crippen molar-refractivity contribution in [3.8, 4) is 11.5 Å². The fourth-order valence-electron chi connectivity index (χ4n) is 4.02. The molecule has 2 aliphatic carbocycles. The monoisotopic (exact) mass is 299 g/mol. The summed E-state index contributed by atoms with van der Waals surface area (Å²) in [6, 6.07) is 4.16. The van der Waals surface area contributed by atoms with Crippen LogP contribution in [0.1, 0.15) is 24.0 Å². The molecule has 3 aliphatic rings. The van der Waals surface area contributed by atoms with Crippen LogP contribution >= 0.6 is 0 Å². The van der Waals surface area contributed by atoms with Crippen LogP contribution in [0.3, 0.4) is 0 Å². The molecular weight excluding hydrogens is 278 g/mol. The molecule has 0 amide bonds. The number of nitrogens with zero attached hydrogens (tertiary/aromatic N) is 1. The topological polar surface area (TPSA) is 41.9 Å². The molecule has 4 nitrogen and oxygen atoms in total. The first-order valence-electron chi connectivity index (χ1n) is 7.83. The largest absolute Gasteiger partial charge is 0.504 e. The zero-order chi connectivity index (χ0) is 15.4. The molecule has 0 spiro atoms. The van der Waals surface area contributed by atoms with Gasteiger partial charge in [0.25, 0.3) is 0 Å². The van der Waals surface area contributed by atoms with Gasteiger partial charge >= 0.3 is 0 Å². The number of methoxy groups -OCH3 is 1. The summed E-state index contributed by atoms with van der Waals surface area (Å²) in [7, 11) is 3.84. The summed E-state index contributed by atoms with van der Waals surface area (Å²) in [5.74, 6) is 1.85. The SMILES string of the molecule is CCN(C)C1Cc2ccc(O)c3c2C2C1=CC=C(OC)[C@@H]2O3. The third-order valence-corrected chi connectivity index (χ3v) is 5.27. The number of ether oxygens (including phenoxy) is 2. The van der Waals surface area contributed by atoms with Gasteiger partial charge in [-0.25, -0.2) is 0 Å². The number of hydrogen-bond acceptors (Lipinski definition) is 4. The van der Waals surface area contributed by atoms with Gasteiger partial charge in [0.2, 0.25) is 0 Å². The molecule has 3 atom stereocenters. The highest BCUT2D eigenvalue weighted by Crippen LogP contribution is 2.55. The Morgan fingerprint density at radius 3 is 2.91 bits per heavy atom. The number of phenols is 1. The predicted octanol–water partition coefficient (Wildman–Crippen LogP) is 2.58. The molecule has 1 aromatic rings. The summed E-state index contributed by atoms with van der Waals surface area (Å²) in [4.78, 5) is 2.38. The van der Waals surface area contributed by atoms with Crippen molar-refractivity contribution < 1.29 is 14.6 Å². The first-order chi connectivity index (χ1) is 10.7. The maximum atomic E-state index is 10.2. The van der Waals surface area contributed by atoms with E-state index in [2.05, 4.69) is 24.9 Å². The standard InChI is InChI=1S/C18H21NO3/c1-4-19(2)12-9-10-5-7-13(20)17-15(10)16-11(12)6-8-14(21-3)18(16)22-17/h5-8,12,16,18,20H,4,9H2,1-3H3/t12?,16?,18-/m0/s1. The van der Waals surface area contributed by atoms with Crippen LogP contribution in [0.5, 0.6) is 11.5 Å². The molecule has 0 saturated heterocycles. The molecule has 4 heteroatoms. The van der Waals surface area contributed by atoms with Gasteiger partial charge in [0.15, 0.2) is 17.6 Å². The van der Waals surface area contributed by atoms with Crippen LogP contribution < -0.4 is 4.74 Å². The third kappa shape index (κ3) is 1.67. The minimum Gasteiger partial charge on any atom is -0.504 e. The first kappa shape index (κ1) is 13.7. The Balaban J connectivity index is 1.91. The van der Waals surface area contributed by atoms with Gasteiger partial charge in [0, 0.05) is 11.6 Å².